The fourth-order valence-electron chi connectivity index (χ4n) is 2.38. The molecule has 26 heavy (non-hydrogen) atoms. The van der Waals surface area contributed by atoms with Gasteiger partial charge in [-0.3, -0.25) is 9.59 Å². The third kappa shape index (κ3) is 3.77. The standard InChI is InChI=1S/C17H15N3O5S/c1-11(21)12-5-7-13(8-6-12)18-16(22)9-10-26(23,24)15-4-2-3-14-17(15)20-25-19-14/h2-8H,9-10H2,1H3,(H,18,22). The number of sulfone groups is 1. The number of rotatable bonds is 6. The van der Waals surface area contributed by atoms with Gasteiger partial charge in [-0.1, -0.05) is 6.07 Å². The van der Waals surface area contributed by atoms with Crippen molar-refractivity contribution in [2.75, 3.05) is 11.1 Å². The third-order valence-corrected chi connectivity index (χ3v) is 5.50. The molecule has 0 saturated heterocycles. The molecule has 0 aliphatic carbocycles. The van der Waals surface area contributed by atoms with Gasteiger partial charge in [0.2, 0.25) is 5.91 Å². The van der Waals surface area contributed by atoms with Gasteiger partial charge < -0.3 is 5.32 Å². The summed E-state index contributed by atoms with van der Waals surface area (Å²) in [6.07, 6.45) is -0.224. The Labute approximate surface area is 149 Å². The summed E-state index contributed by atoms with van der Waals surface area (Å²) in [5.41, 5.74) is 1.49. The minimum atomic E-state index is -3.73. The van der Waals surface area contributed by atoms with Crippen LogP contribution in [0.15, 0.2) is 52.0 Å². The van der Waals surface area contributed by atoms with E-state index in [1.807, 2.05) is 0 Å². The van der Waals surface area contributed by atoms with Crippen LogP contribution in [0.25, 0.3) is 11.0 Å². The number of ketones is 1. The Bertz CT molecular complexity index is 1070. The molecule has 0 aliphatic rings. The minimum Gasteiger partial charge on any atom is -0.326 e. The van der Waals surface area contributed by atoms with Crippen LogP contribution in [0.4, 0.5) is 5.69 Å². The molecule has 1 amide bonds. The Morgan fingerprint density at radius 3 is 2.50 bits per heavy atom. The fraction of sp³-hybridized carbons (Fsp3) is 0.176. The largest absolute Gasteiger partial charge is 0.326 e. The van der Waals surface area contributed by atoms with E-state index in [0.29, 0.717) is 16.8 Å². The summed E-state index contributed by atoms with van der Waals surface area (Å²) in [7, 11) is -3.73. The molecule has 8 nitrogen and oxygen atoms in total. The van der Waals surface area contributed by atoms with E-state index in [-0.39, 0.29) is 28.4 Å². The van der Waals surface area contributed by atoms with Crippen molar-refractivity contribution in [2.45, 2.75) is 18.2 Å². The molecular weight excluding hydrogens is 358 g/mol. The molecule has 0 spiro atoms. The van der Waals surface area contributed by atoms with Gasteiger partial charge in [-0.15, -0.1) is 0 Å². The first-order valence-electron chi connectivity index (χ1n) is 7.72. The van der Waals surface area contributed by atoms with Crippen LogP contribution in [-0.4, -0.2) is 36.2 Å². The van der Waals surface area contributed by atoms with Gasteiger partial charge in [0, 0.05) is 17.7 Å². The zero-order valence-electron chi connectivity index (χ0n) is 13.8. The van der Waals surface area contributed by atoms with Crippen molar-refractivity contribution >= 4 is 38.2 Å². The van der Waals surface area contributed by atoms with Crippen molar-refractivity contribution in [2.24, 2.45) is 0 Å². The number of benzene rings is 2. The molecule has 2 aromatic carbocycles. The number of Topliss-reactive ketones (excluding diaryl/α,β-unsaturated/α-hetero) is 1. The van der Waals surface area contributed by atoms with Crippen molar-refractivity contribution < 1.29 is 22.6 Å². The number of nitrogens with zero attached hydrogens (tertiary/aromatic N) is 2. The number of amides is 1. The molecule has 0 atom stereocenters. The predicted octanol–water partition coefficient (Wildman–Crippen LogP) is 2.23. The Morgan fingerprint density at radius 2 is 1.81 bits per heavy atom. The molecule has 3 rings (SSSR count). The maximum atomic E-state index is 12.5. The maximum Gasteiger partial charge on any atom is 0.225 e. The van der Waals surface area contributed by atoms with Crippen LogP contribution in [0.2, 0.25) is 0 Å². The van der Waals surface area contributed by atoms with Crippen molar-refractivity contribution in [3.63, 3.8) is 0 Å². The van der Waals surface area contributed by atoms with Crippen molar-refractivity contribution in [1.29, 1.82) is 0 Å². The number of carbonyl (C=O) groups excluding carboxylic acids is 2. The van der Waals surface area contributed by atoms with Gasteiger partial charge in [0.25, 0.3) is 0 Å². The van der Waals surface area contributed by atoms with Crippen LogP contribution >= 0.6 is 0 Å². The number of carbonyl (C=O) groups is 2. The summed E-state index contributed by atoms with van der Waals surface area (Å²) in [6.45, 7) is 1.45. The Hall–Kier alpha value is -3.07. The van der Waals surface area contributed by atoms with Gasteiger partial charge in [-0.25, -0.2) is 13.0 Å². The molecule has 0 bridgehead atoms. The molecule has 9 heteroatoms. The minimum absolute atomic E-state index is 0.0186. The lowest BCUT2D eigenvalue weighted by molar-refractivity contribution is -0.115. The average molecular weight is 373 g/mol. The zero-order valence-corrected chi connectivity index (χ0v) is 14.6. The maximum absolute atomic E-state index is 12.5. The molecule has 1 heterocycles. The summed E-state index contributed by atoms with van der Waals surface area (Å²) in [6, 6.07) is 10.9. The summed E-state index contributed by atoms with van der Waals surface area (Å²) < 4.78 is 29.6. The first-order valence-corrected chi connectivity index (χ1v) is 9.37. The normalized spacial score (nSPS) is 11.4. The van der Waals surface area contributed by atoms with Gasteiger partial charge in [-0.2, -0.15) is 0 Å². The quantitative estimate of drug-likeness (QED) is 0.658. The Kier molecular flexibility index (Phi) is 4.81. The van der Waals surface area contributed by atoms with E-state index in [0.717, 1.165) is 0 Å². The van der Waals surface area contributed by atoms with E-state index in [9.17, 15) is 18.0 Å². The monoisotopic (exact) mass is 373 g/mol. The lowest BCUT2D eigenvalue weighted by Gasteiger charge is -2.07. The summed E-state index contributed by atoms with van der Waals surface area (Å²) >= 11 is 0. The van der Waals surface area contributed by atoms with E-state index >= 15 is 0 Å². The van der Waals surface area contributed by atoms with Gasteiger partial charge in [0.05, 0.1) is 10.6 Å². The fourth-order valence-corrected chi connectivity index (χ4v) is 3.78. The molecule has 0 fully saturated rings. The lowest BCUT2D eigenvalue weighted by Crippen LogP contribution is -2.17. The first kappa shape index (κ1) is 17.7. The van der Waals surface area contributed by atoms with E-state index in [2.05, 4.69) is 20.3 Å². The molecule has 0 aliphatic heterocycles. The van der Waals surface area contributed by atoms with E-state index in [4.69, 9.17) is 0 Å². The van der Waals surface area contributed by atoms with Crippen molar-refractivity contribution in [3.05, 3.63) is 48.0 Å². The van der Waals surface area contributed by atoms with Crippen LogP contribution in [0.1, 0.15) is 23.7 Å². The molecule has 3 aromatic rings. The molecular formula is C17H15N3O5S. The summed E-state index contributed by atoms with van der Waals surface area (Å²) in [4.78, 5) is 23.2. The molecule has 1 aromatic heterocycles. The third-order valence-electron chi connectivity index (χ3n) is 3.76. The number of anilines is 1. The number of fused-ring (bicyclic) bond motifs is 1. The number of nitrogens with one attached hydrogen (secondary N) is 1. The highest BCUT2D eigenvalue weighted by Gasteiger charge is 2.21. The summed E-state index contributed by atoms with van der Waals surface area (Å²) in [5, 5.41) is 9.82. The van der Waals surface area contributed by atoms with Crippen LogP contribution in [0, 0.1) is 0 Å². The SMILES string of the molecule is CC(=O)c1ccc(NC(=O)CCS(=O)(=O)c2cccc3nonc23)cc1. The Morgan fingerprint density at radius 1 is 1.08 bits per heavy atom. The lowest BCUT2D eigenvalue weighted by atomic mass is 10.1. The van der Waals surface area contributed by atoms with Gasteiger partial charge in [0.15, 0.2) is 21.1 Å². The number of hydrogen-bond acceptors (Lipinski definition) is 7. The van der Waals surface area contributed by atoms with Crippen LogP contribution in [0.3, 0.4) is 0 Å². The average Bonchev–Trinajstić information content (AvgIpc) is 3.09. The van der Waals surface area contributed by atoms with E-state index in [1.54, 1.807) is 30.3 Å². The molecule has 0 saturated carbocycles. The number of hydrogen-bond donors (Lipinski definition) is 1. The number of aromatic nitrogens is 2. The van der Waals surface area contributed by atoms with Gasteiger partial charge >= 0.3 is 0 Å². The second-order valence-electron chi connectivity index (χ2n) is 5.64. The van der Waals surface area contributed by atoms with E-state index < -0.39 is 15.7 Å². The smallest absolute Gasteiger partial charge is 0.225 e. The first-order chi connectivity index (χ1) is 12.4. The molecule has 0 unspecified atom stereocenters. The second kappa shape index (κ2) is 7.04. The molecule has 134 valence electrons. The van der Waals surface area contributed by atoms with Crippen LogP contribution < -0.4 is 5.32 Å². The van der Waals surface area contributed by atoms with Gasteiger partial charge in [0.1, 0.15) is 5.52 Å². The molecule has 0 radical (unpaired) electrons. The highest BCUT2D eigenvalue weighted by atomic mass is 32.2. The topological polar surface area (TPSA) is 119 Å². The van der Waals surface area contributed by atoms with Crippen LogP contribution in [0.5, 0.6) is 0 Å². The molecule has 1 N–H and O–H groups in total. The summed E-state index contributed by atoms with van der Waals surface area (Å²) in [5.74, 6) is -0.906. The second-order valence-corrected chi connectivity index (χ2v) is 7.72. The van der Waals surface area contributed by atoms with Crippen LogP contribution in [-0.2, 0) is 14.6 Å². The van der Waals surface area contributed by atoms with Crippen molar-refractivity contribution in [3.8, 4) is 0 Å². The predicted molar refractivity (Wildman–Crippen MR) is 93.6 cm³/mol. The zero-order chi connectivity index (χ0) is 18.7. The van der Waals surface area contributed by atoms with E-state index in [1.165, 1.54) is 19.1 Å². The highest BCUT2D eigenvalue weighted by Crippen LogP contribution is 2.21. The van der Waals surface area contributed by atoms with Crippen molar-refractivity contribution in [1.82, 2.24) is 10.3 Å². The Balaban J connectivity index is 1.67. The highest BCUT2D eigenvalue weighted by molar-refractivity contribution is 7.91. The van der Waals surface area contributed by atoms with Gasteiger partial charge in [-0.05, 0) is 53.6 Å².